The fourth-order valence-electron chi connectivity index (χ4n) is 0.679. The van der Waals surface area contributed by atoms with Crippen molar-refractivity contribution in [2.75, 3.05) is 0 Å². The van der Waals surface area contributed by atoms with E-state index in [-0.39, 0.29) is 26.6 Å². The van der Waals surface area contributed by atoms with Crippen LogP contribution >= 0.6 is 0 Å². The summed E-state index contributed by atoms with van der Waals surface area (Å²) in [6, 6.07) is 4.26. The summed E-state index contributed by atoms with van der Waals surface area (Å²) in [5.74, 6) is 0. The minimum Gasteiger partial charge on any atom is -0.352 e. The van der Waals surface area contributed by atoms with Gasteiger partial charge in [-0.2, -0.15) is 11.6 Å². The third kappa shape index (κ3) is 2.11. The molecule has 0 unspecified atom stereocenters. The molecule has 1 heterocycles. The van der Waals surface area contributed by atoms with Gasteiger partial charge in [-0.05, 0) is 0 Å². The van der Waals surface area contributed by atoms with Crippen LogP contribution < -0.4 is 5.56 Å². The molecule has 1 aromatic rings. The first-order chi connectivity index (χ1) is 4.20. The predicted molar refractivity (Wildman–Crippen MR) is 35.3 cm³/mol. The van der Waals surface area contributed by atoms with Crippen LogP contribution in [-0.4, -0.2) is 4.57 Å². The van der Waals surface area contributed by atoms with Gasteiger partial charge in [0.1, 0.15) is 0 Å². The fourth-order valence-corrected chi connectivity index (χ4v) is 0.679. The molecule has 52 valence electrons. The molecule has 0 radical (unpaired) electrons. The van der Waals surface area contributed by atoms with Crippen molar-refractivity contribution in [2.24, 2.45) is 7.05 Å². The molecule has 2 nitrogen and oxygen atoms in total. The number of aromatic nitrogens is 1. The average Bonchev–Trinajstić information content (AvgIpc) is 1.80. The van der Waals surface area contributed by atoms with Crippen LogP contribution in [0.2, 0.25) is 0 Å². The summed E-state index contributed by atoms with van der Waals surface area (Å²) >= 11 is 0. The van der Waals surface area contributed by atoms with E-state index in [1.54, 1.807) is 19.3 Å². The van der Waals surface area contributed by atoms with E-state index < -0.39 is 0 Å². The van der Waals surface area contributed by atoms with Gasteiger partial charge in [-0.3, -0.25) is 4.79 Å². The predicted octanol–water partition coefficient (Wildman–Crippen LogP) is 0.491. The third-order valence-electron chi connectivity index (χ3n) is 1.14. The zero-order valence-electron chi connectivity index (χ0n) is 5.92. The molecule has 0 bridgehead atoms. The van der Waals surface area contributed by atoms with Gasteiger partial charge in [-0.15, -0.1) is 6.92 Å². The van der Waals surface area contributed by atoms with E-state index in [1.807, 2.05) is 6.92 Å². The van der Waals surface area contributed by atoms with Gasteiger partial charge in [0.2, 0.25) is 0 Å². The van der Waals surface area contributed by atoms with Crippen molar-refractivity contribution in [3.05, 3.63) is 34.2 Å². The van der Waals surface area contributed by atoms with Crippen molar-refractivity contribution in [3.63, 3.8) is 0 Å². The molecule has 0 fully saturated rings. The molecule has 3 heteroatoms. The minimum absolute atomic E-state index is 0. The van der Waals surface area contributed by atoms with Crippen LogP contribution in [0, 0.1) is 13.0 Å². The standard InChI is InChI=1S/C7H8NO.W/c1-6-3-4-7(9)8(2)5-6;/h3,5H,1-2H3;/q-1;+2. The van der Waals surface area contributed by atoms with Crippen LogP contribution in [0.1, 0.15) is 5.56 Å². The van der Waals surface area contributed by atoms with Gasteiger partial charge in [0, 0.05) is 7.05 Å². The van der Waals surface area contributed by atoms with E-state index in [9.17, 15) is 4.79 Å². The van der Waals surface area contributed by atoms with Gasteiger partial charge in [0.05, 0.1) is 0 Å². The van der Waals surface area contributed by atoms with Crippen LogP contribution in [0.3, 0.4) is 0 Å². The van der Waals surface area contributed by atoms with Crippen LogP contribution in [0.25, 0.3) is 0 Å². The molecule has 0 saturated carbocycles. The van der Waals surface area contributed by atoms with Crippen LogP contribution in [0.5, 0.6) is 0 Å². The molecular formula is C7H8NOW+. The normalized spacial score (nSPS) is 8.60. The molecule has 1 aromatic heterocycles. The van der Waals surface area contributed by atoms with E-state index >= 15 is 0 Å². The SMILES string of the molecule is Cc1c[c-]c(=O)n(C)c1.[W+2]. The molecule has 0 aliphatic heterocycles. The van der Waals surface area contributed by atoms with Crippen LogP contribution in [0.15, 0.2) is 17.1 Å². The molecule has 0 aromatic carbocycles. The second-order valence-electron chi connectivity index (χ2n) is 2.08. The van der Waals surface area contributed by atoms with Gasteiger partial charge in [0.25, 0.3) is 0 Å². The Labute approximate surface area is 74.1 Å². The third-order valence-corrected chi connectivity index (χ3v) is 1.14. The molecule has 0 aliphatic carbocycles. The number of rotatable bonds is 0. The average molecular weight is 306 g/mol. The topological polar surface area (TPSA) is 22.0 Å². The summed E-state index contributed by atoms with van der Waals surface area (Å²) in [5, 5.41) is 0. The van der Waals surface area contributed by atoms with Gasteiger partial charge >= 0.3 is 21.1 Å². The van der Waals surface area contributed by atoms with Crippen molar-refractivity contribution < 1.29 is 21.1 Å². The maximum Gasteiger partial charge on any atom is 2.00 e. The second-order valence-corrected chi connectivity index (χ2v) is 2.08. The zero-order valence-corrected chi connectivity index (χ0v) is 8.85. The van der Waals surface area contributed by atoms with Crippen molar-refractivity contribution >= 4 is 0 Å². The van der Waals surface area contributed by atoms with E-state index in [1.165, 1.54) is 4.57 Å². The first-order valence-electron chi connectivity index (χ1n) is 2.75. The minimum atomic E-state index is -0.0828. The summed E-state index contributed by atoms with van der Waals surface area (Å²) in [6.45, 7) is 1.93. The number of aryl methyl sites for hydroxylation is 2. The Morgan fingerprint density at radius 1 is 1.60 bits per heavy atom. The summed E-state index contributed by atoms with van der Waals surface area (Å²) in [5.41, 5.74) is 0.970. The fraction of sp³-hybridized carbons (Fsp3) is 0.286. The molecule has 10 heavy (non-hydrogen) atoms. The quantitative estimate of drug-likeness (QED) is 0.640. The van der Waals surface area contributed by atoms with Crippen LogP contribution in [-0.2, 0) is 28.1 Å². The van der Waals surface area contributed by atoms with E-state index in [0.717, 1.165) is 5.56 Å². The number of pyridine rings is 1. The summed E-state index contributed by atoms with van der Waals surface area (Å²) < 4.78 is 1.51. The van der Waals surface area contributed by atoms with Crippen LogP contribution in [0.4, 0.5) is 0 Å². The van der Waals surface area contributed by atoms with Gasteiger partial charge in [0.15, 0.2) is 5.56 Å². The Morgan fingerprint density at radius 2 is 2.20 bits per heavy atom. The first kappa shape index (κ1) is 9.64. The van der Waals surface area contributed by atoms with Gasteiger partial charge in [-0.1, -0.05) is 6.20 Å². The monoisotopic (exact) mass is 306 g/mol. The first-order valence-corrected chi connectivity index (χ1v) is 2.75. The Bertz CT molecular complexity index is 267. The van der Waals surface area contributed by atoms with Gasteiger partial charge in [-0.25, -0.2) is 6.07 Å². The zero-order chi connectivity index (χ0) is 6.85. The van der Waals surface area contributed by atoms with Crippen molar-refractivity contribution in [1.29, 1.82) is 0 Å². The second kappa shape index (κ2) is 3.72. The smallest absolute Gasteiger partial charge is 0.352 e. The maximum atomic E-state index is 10.7. The molecule has 0 saturated heterocycles. The van der Waals surface area contributed by atoms with Crippen molar-refractivity contribution in [3.8, 4) is 0 Å². The Morgan fingerprint density at radius 3 is 2.60 bits per heavy atom. The number of nitrogens with zero attached hydrogens (tertiary/aromatic N) is 1. The molecule has 0 atom stereocenters. The molecule has 0 spiro atoms. The van der Waals surface area contributed by atoms with Crippen molar-refractivity contribution in [2.45, 2.75) is 6.92 Å². The molecule has 0 N–H and O–H groups in total. The number of hydrogen-bond donors (Lipinski definition) is 0. The molecule has 0 aliphatic rings. The summed E-state index contributed by atoms with van der Waals surface area (Å²) in [7, 11) is 1.71. The van der Waals surface area contributed by atoms with E-state index in [2.05, 4.69) is 6.07 Å². The summed E-state index contributed by atoms with van der Waals surface area (Å²) in [4.78, 5) is 10.7. The van der Waals surface area contributed by atoms with Crippen molar-refractivity contribution in [1.82, 2.24) is 4.57 Å². The largest absolute Gasteiger partial charge is 2.00 e. The molecular weight excluding hydrogens is 298 g/mol. The van der Waals surface area contributed by atoms with E-state index in [4.69, 9.17) is 0 Å². The molecule has 1 rings (SSSR count). The maximum absolute atomic E-state index is 10.7. The summed E-state index contributed by atoms with van der Waals surface area (Å²) in [6.07, 6.45) is 1.78. The van der Waals surface area contributed by atoms with E-state index in [0.29, 0.717) is 0 Å². The van der Waals surface area contributed by atoms with Gasteiger partial charge < -0.3 is 4.57 Å². The Hall–Kier alpha value is -0.362. The Kier molecular flexibility index (Phi) is 3.59. The Balaban J connectivity index is 0.000000810. The molecule has 0 amide bonds. The number of hydrogen-bond acceptors (Lipinski definition) is 1.